The average molecular weight is 236 g/mol. The van der Waals surface area contributed by atoms with Crippen LogP contribution in [0.3, 0.4) is 0 Å². The quantitative estimate of drug-likeness (QED) is 0.694. The molecule has 1 amide bonds. The Bertz CT molecular complexity index is 313. The minimum absolute atomic E-state index is 0.0307. The molecule has 0 spiro atoms. The molecular weight excluding hydrogens is 216 g/mol. The zero-order valence-corrected chi connectivity index (χ0v) is 10.1. The number of primary amides is 1. The number of likely N-dealkylation sites (tertiary alicyclic amines) is 1. The molecule has 0 aromatic heterocycles. The van der Waals surface area contributed by atoms with Crippen LogP contribution in [0.15, 0.2) is 0 Å². The Hall–Kier alpha value is -1.12. The number of nitrogens with zero attached hydrogens (tertiary/aromatic N) is 2. The first-order chi connectivity index (χ1) is 8.19. The van der Waals surface area contributed by atoms with Crippen LogP contribution in [0.4, 0.5) is 0 Å². The Labute approximate surface area is 102 Å². The molecule has 2 aliphatic rings. The Morgan fingerprint density at radius 1 is 1.41 bits per heavy atom. The number of amides is 1. The van der Waals surface area contributed by atoms with Crippen LogP contribution in [0.25, 0.3) is 0 Å². The third kappa shape index (κ3) is 3.69. The maximum Gasteiger partial charge on any atom is 0.220 e. The molecule has 0 aromatic rings. The smallest absolute Gasteiger partial charge is 0.220 e. The summed E-state index contributed by atoms with van der Waals surface area (Å²) in [5, 5.41) is 12.4. The van der Waals surface area contributed by atoms with E-state index in [2.05, 4.69) is 16.3 Å². The van der Waals surface area contributed by atoms with E-state index in [-0.39, 0.29) is 17.9 Å². The van der Waals surface area contributed by atoms with Crippen LogP contribution < -0.4 is 11.1 Å². The lowest BCUT2D eigenvalue weighted by Gasteiger charge is -2.31. The Balaban J connectivity index is 1.72. The summed E-state index contributed by atoms with van der Waals surface area (Å²) in [6.45, 7) is 2.51. The number of rotatable bonds is 5. The maximum atomic E-state index is 11.0. The molecule has 2 rings (SSSR count). The van der Waals surface area contributed by atoms with Crippen LogP contribution in [-0.4, -0.2) is 42.5 Å². The molecule has 17 heavy (non-hydrogen) atoms. The summed E-state index contributed by atoms with van der Waals surface area (Å²) in [4.78, 5) is 13.3. The Morgan fingerprint density at radius 3 is 2.53 bits per heavy atom. The van der Waals surface area contributed by atoms with Crippen molar-refractivity contribution in [2.45, 2.75) is 37.8 Å². The maximum absolute atomic E-state index is 11.0. The van der Waals surface area contributed by atoms with Crippen molar-refractivity contribution in [3.8, 4) is 6.07 Å². The van der Waals surface area contributed by atoms with Crippen molar-refractivity contribution in [3.63, 3.8) is 0 Å². The average Bonchev–Trinajstić information content (AvgIpc) is 3.13. The third-order valence-corrected chi connectivity index (χ3v) is 3.60. The molecule has 1 saturated carbocycles. The standard InChI is InChI=1S/C12H20N4O/c13-7-11(15-10-1-2-10)8-16-5-3-9(4-6-16)12(14)17/h9-11,15H,1-6,8H2,(H2,14,17). The third-order valence-electron chi connectivity index (χ3n) is 3.60. The zero-order valence-electron chi connectivity index (χ0n) is 10.1. The monoisotopic (exact) mass is 236 g/mol. The molecule has 1 atom stereocenters. The molecule has 1 unspecified atom stereocenters. The molecule has 5 nitrogen and oxygen atoms in total. The number of piperidine rings is 1. The fourth-order valence-electron chi connectivity index (χ4n) is 2.32. The summed E-state index contributed by atoms with van der Waals surface area (Å²) in [7, 11) is 0. The second-order valence-corrected chi connectivity index (χ2v) is 5.10. The molecular formula is C12H20N4O. The fourth-order valence-corrected chi connectivity index (χ4v) is 2.32. The van der Waals surface area contributed by atoms with E-state index in [1.165, 1.54) is 12.8 Å². The van der Waals surface area contributed by atoms with Gasteiger partial charge in [0, 0.05) is 18.5 Å². The normalized spacial score (nSPS) is 24.2. The summed E-state index contributed by atoms with van der Waals surface area (Å²) in [5.74, 6) is -0.152. The highest BCUT2D eigenvalue weighted by Gasteiger charge is 2.28. The van der Waals surface area contributed by atoms with Crippen molar-refractivity contribution in [2.75, 3.05) is 19.6 Å². The van der Waals surface area contributed by atoms with E-state index in [1.807, 2.05) is 0 Å². The molecule has 0 radical (unpaired) electrons. The molecule has 5 heteroatoms. The van der Waals surface area contributed by atoms with Gasteiger partial charge in [0.15, 0.2) is 0 Å². The number of nitriles is 1. The van der Waals surface area contributed by atoms with Crippen LogP contribution in [0.2, 0.25) is 0 Å². The second kappa shape index (κ2) is 5.48. The summed E-state index contributed by atoms with van der Waals surface area (Å²) >= 11 is 0. The van der Waals surface area contributed by atoms with Gasteiger partial charge in [0.25, 0.3) is 0 Å². The zero-order chi connectivity index (χ0) is 12.3. The van der Waals surface area contributed by atoms with Gasteiger partial charge in [-0.2, -0.15) is 5.26 Å². The SMILES string of the molecule is N#CC(CN1CCC(C(N)=O)CC1)NC1CC1. The van der Waals surface area contributed by atoms with Crippen molar-refractivity contribution in [1.29, 1.82) is 5.26 Å². The fraction of sp³-hybridized carbons (Fsp3) is 0.833. The molecule has 1 aliphatic heterocycles. The van der Waals surface area contributed by atoms with Gasteiger partial charge in [-0.15, -0.1) is 0 Å². The van der Waals surface area contributed by atoms with E-state index < -0.39 is 0 Å². The van der Waals surface area contributed by atoms with Crippen molar-refractivity contribution < 1.29 is 4.79 Å². The van der Waals surface area contributed by atoms with Gasteiger partial charge < -0.3 is 10.6 Å². The molecule has 1 aliphatic carbocycles. The minimum atomic E-state index is -0.183. The van der Waals surface area contributed by atoms with Gasteiger partial charge in [-0.25, -0.2) is 0 Å². The lowest BCUT2D eigenvalue weighted by Crippen LogP contribution is -2.45. The first kappa shape index (κ1) is 12.3. The van der Waals surface area contributed by atoms with Gasteiger partial charge >= 0.3 is 0 Å². The van der Waals surface area contributed by atoms with E-state index in [4.69, 9.17) is 11.0 Å². The van der Waals surface area contributed by atoms with Gasteiger partial charge in [-0.1, -0.05) is 0 Å². The van der Waals surface area contributed by atoms with Crippen molar-refractivity contribution in [2.24, 2.45) is 11.7 Å². The second-order valence-electron chi connectivity index (χ2n) is 5.10. The molecule has 0 aromatic carbocycles. The van der Waals surface area contributed by atoms with Crippen molar-refractivity contribution in [3.05, 3.63) is 0 Å². The first-order valence-electron chi connectivity index (χ1n) is 6.36. The molecule has 1 heterocycles. The Morgan fingerprint density at radius 2 is 2.06 bits per heavy atom. The van der Waals surface area contributed by atoms with Crippen LogP contribution >= 0.6 is 0 Å². The largest absolute Gasteiger partial charge is 0.369 e. The lowest BCUT2D eigenvalue weighted by atomic mass is 9.96. The Kier molecular flexibility index (Phi) is 3.97. The highest BCUT2D eigenvalue weighted by atomic mass is 16.1. The number of nitrogens with two attached hydrogens (primary N) is 1. The van der Waals surface area contributed by atoms with Crippen LogP contribution in [0.1, 0.15) is 25.7 Å². The predicted octanol–water partition coefficient (Wildman–Crippen LogP) is -0.172. The molecule has 0 bridgehead atoms. The molecule has 94 valence electrons. The van der Waals surface area contributed by atoms with Gasteiger partial charge in [-0.3, -0.25) is 10.1 Å². The summed E-state index contributed by atoms with van der Waals surface area (Å²) in [6.07, 6.45) is 4.05. The number of nitrogens with one attached hydrogen (secondary N) is 1. The number of hydrogen-bond acceptors (Lipinski definition) is 4. The first-order valence-corrected chi connectivity index (χ1v) is 6.36. The number of hydrogen-bond donors (Lipinski definition) is 2. The summed E-state index contributed by atoms with van der Waals surface area (Å²) in [5.41, 5.74) is 5.29. The van der Waals surface area contributed by atoms with E-state index in [9.17, 15) is 4.79 Å². The van der Waals surface area contributed by atoms with Crippen LogP contribution in [-0.2, 0) is 4.79 Å². The minimum Gasteiger partial charge on any atom is -0.369 e. The van der Waals surface area contributed by atoms with E-state index in [1.54, 1.807) is 0 Å². The number of carbonyl (C=O) groups excluding carboxylic acids is 1. The topological polar surface area (TPSA) is 82.2 Å². The van der Waals surface area contributed by atoms with E-state index >= 15 is 0 Å². The molecule has 2 fully saturated rings. The van der Waals surface area contributed by atoms with Gasteiger partial charge in [-0.05, 0) is 38.8 Å². The van der Waals surface area contributed by atoms with E-state index in [0.29, 0.717) is 6.04 Å². The molecule has 3 N–H and O–H groups in total. The van der Waals surface area contributed by atoms with Crippen molar-refractivity contribution in [1.82, 2.24) is 10.2 Å². The molecule has 1 saturated heterocycles. The van der Waals surface area contributed by atoms with Gasteiger partial charge in [0.05, 0.1) is 6.07 Å². The lowest BCUT2D eigenvalue weighted by molar-refractivity contribution is -0.123. The predicted molar refractivity (Wildman–Crippen MR) is 63.9 cm³/mol. The highest BCUT2D eigenvalue weighted by Crippen LogP contribution is 2.20. The van der Waals surface area contributed by atoms with Crippen LogP contribution in [0.5, 0.6) is 0 Å². The summed E-state index contributed by atoms with van der Waals surface area (Å²) in [6, 6.07) is 2.79. The van der Waals surface area contributed by atoms with Gasteiger partial charge in [0.1, 0.15) is 6.04 Å². The van der Waals surface area contributed by atoms with Gasteiger partial charge in [0.2, 0.25) is 5.91 Å². The number of carbonyl (C=O) groups is 1. The van der Waals surface area contributed by atoms with Crippen molar-refractivity contribution >= 4 is 5.91 Å². The van der Waals surface area contributed by atoms with E-state index in [0.717, 1.165) is 32.5 Å². The summed E-state index contributed by atoms with van der Waals surface area (Å²) < 4.78 is 0. The highest BCUT2D eigenvalue weighted by molar-refractivity contribution is 5.76. The van der Waals surface area contributed by atoms with Crippen LogP contribution in [0, 0.1) is 17.2 Å².